The van der Waals surface area contributed by atoms with Crippen molar-refractivity contribution in [2.24, 2.45) is 0 Å². The molecule has 1 aromatic heterocycles. The number of benzene rings is 2. The number of para-hydroxylation sites is 1. The van der Waals surface area contributed by atoms with E-state index in [-0.39, 0.29) is 17.2 Å². The van der Waals surface area contributed by atoms with Crippen molar-refractivity contribution in [1.29, 1.82) is 0 Å². The first-order chi connectivity index (χ1) is 14.9. The van der Waals surface area contributed by atoms with Crippen LogP contribution in [0.5, 0.6) is 11.5 Å². The predicted molar refractivity (Wildman–Crippen MR) is 120 cm³/mol. The van der Waals surface area contributed by atoms with Crippen LogP contribution in [-0.2, 0) is 4.74 Å². The monoisotopic (exact) mass is 441 g/mol. The second-order valence-electron chi connectivity index (χ2n) is 6.50. The largest absolute Gasteiger partial charge is 0.493 e. The summed E-state index contributed by atoms with van der Waals surface area (Å²) in [7, 11) is 6.09. The first-order valence-corrected chi connectivity index (χ1v) is 10.1. The fourth-order valence-electron chi connectivity index (χ4n) is 2.94. The second kappa shape index (κ2) is 9.48. The molecule has 3 aromatic rings. The Morgan fingerprint density at radius 2 is 1.68 bits per heavy atom. The summed E-state index contributed by atoms with van der Waals surface area (Å²) in [6, 6.07) is 12.7. The Morgan fingerprint density at radius 3 is 2.29 bits per heavy atom. The average molecular weight is 442 g/mol. The molecule has 0 aliphatic carbocycles. The lowest BCUT2D eigenvalue weighted by Gasteiger charge is -2.15. The van der Waals surface area contributed by atoms with Gasteiger partial charge in [0.15, 0.2) is 16.6 Å². The number of anilines is 3. The van der Waals surface area contributed by atoms with Gasteiger partial charge < -0.3 is 24.4 Å². The third-order valence-corrected chi connectivity index (χ3v) is 5.83. The van der Waals surface area contributed by atoms with E-state index in [9.17, 15) is 9.59 Å². The van der Waals surface area contributed by atoms with Crippen LogP contribution < -0.4 is 19.7 Å². The number of esters is 1. The molecule has 0 saturated heterocycles. The molecule has 3 rings (SSSR count). The van der Waals surface area contributed by atoms with Crippen LogP contribution >= 0.6 is 11.3 Å². The number of hydrogen-bond donors (Lipinski definition) is 1. The standard InChI is InChI=1S/C22H23N3O5S/c1-13-19(31-22(23-13)25(2)14-9-7-6-8-10-14)20(26)24-16-12-18(29-4)17(28-3)11-15(16)21(27)30-5/h6-12H,1-5H3,(H,24,26). The van der Waals surface area contributed by atoms with Gasteiger partial charge in [-0.15, -0.1) is 0 Å². The van der Waals surface area contributed by atoms with Gasteiger partial charge in [-0.25, -0.2) is 9.78 Å². The summed E-state index contributed by atoms with van der Waals surface area (Å²) < 4.78 is 15.4. The molecule has 0 aliphatic rings. The van der Waals surface area contributed by atoms with Crippen molar-refractivity contribution in [2.75, 3.05) is 38.6 Å². The molecule has 8 nitrogen and oxygen atoms in total. The molecule has 162 valence electrons. The first-order valence-electron chi connectivity index (χ1n) is 9.31. The maximum atomic E-state index is 13.0. The van der Waals surface area contributed by atoms with Crippen LogP contribution in [0.25, 0.3) is 0 Å². The fraction of sp³-hybridized carbons (Fsp3) is 0.227. The summed E-state index contributed by atoms with van der Waals surface area (Å²) >= 11 is 1.26. The third-order valence-electron chi connectivity index (χ3n) is 4.60. The van der Waals surface area contributed by atoms with E-state index in [1.54, 1.807) is 6.92 Å². The summed E-state index contributed by atoms with van der Waals surface area (Å²) in [5.74, 6) is -0.278. The number of carbonyl (C=O) groups excluding carboxylic acids is 2. The van der Waals surface area contributed by atoms with E-state index < -0.39 is 5.97 Å². The maximum Gasteiger partial charge on any atom is 0.340 e. The number of aromatic nitrogens is 1. The van der Waals surface area contributed by atoms with Crippen molar-refractivity contribution < 1.29 is 23.8 Å². The van der Waals surface area contributed by atoms with Crippen molar-refractivity contribution in [2.45, 2.75) is 6.92 Å². The van der Waals surface area contributed by atoms with Gasteiger partial charge in [0.1, 0.15) is 4.88 Å². The molecule has 1 heterocycles. The van der Waals surface area contributed by atoms with Gasteiger partial charge in [-0.3, -0.25) is 4.79 Å². The SMILES string of the molecule is COC(=O)c1cc(OC)c(OC)cc1NC(=O)c1sc(N(C)c2ccccc2)nc1C. The van der Waals surface area contributed by atoms with Crippen LogP contribution in [0.2, 0.25) is 0 Å². The van der Waals surface area contributed by atoms with E-state index >= 15 is 0 Å². The maximum absolute atomic E-state index is 13.0. The molecule has 0 atom stereocenters. The lowest BCUT2D eigenvalue weighted by Crippen LogP contribution is -2.15. The van der Waals surface area contributed by atoms with Crippen LogP contribution in [0.4, 0.5) is 16.5 Å². The number of methoxy groups -OCH3 is 3. The van der Waals surface area contributed by atoms with E-state index in [1.165, 1.54) is 44.8 Å². The van der Waals surface area contributed by atoms with Gasteiger partial charge in [0.05, 0.1) is 38.3 Å². The van der Waals surface area contributed by atoms with Gasteiger partial charge in [0.25, 0.3) is 5.91 Å². The van der Waals surface area contributed by atoms with E-state index in [0.29, 0.717) is 27.2 Å². The Morgan fingerprint density at radius 1 is 1.03 bits per heavy atom. The van der Waals surface area contributed by atoms with Crippen molar-refractivity contribution in [3.63, 3.8) is 0 Å². The molecular weight excluding hydrogens is 418 g/mol. The van der Waals surface area contributed by atoms with E-state index in [1.807, 2.05) is 42.3 Å². The third kappa shape index (κ3) is 4.61. The number of nitrogens with zero attached hydrogens (tertiary/aromatic N) is 2. The zero-order valence-corrected chi connectivity index (χ0v) is 18.7. The number of rotatable bonds is 7. The van der Waals surface area contributed by atoms with Crippen LogP contribution in [-0.4, -0.2) is 45.2 Å². The lowest BCUT2D eigenvalue weighted by atomic mass is 10.1. The molecule has 1 N–H and O–H groups in total. The van der Waals surface area contributed by atoms with Gasteiger partial charge in [-0.1, -0.05) is 29.5 Å². The van der Waals surface area contributed by atoms with Crippen LogP contribution in [0.15, 0.2) is 42.5 Å². The number of carbonyl (C=O) groups is 2. The molecule has 0 radical (unpaired) electrons. The number of ether oxygens (including phenoxy) is 3. The van der Waals surface area contributed by atoms with Crippen LogP contribution in [0.1, 0.15) is 25.7 Å². The minimum absolute atomic E-state index is 0.150. The smallest absolute Gasteiger partial charge is 0.340 e. The molecule has 1 amide bonds. The summed E-state index contributed by atoms with van der Waals surface area (Å²) in [6.45, 7) is 1.77. The van der Waals surface area contributed by atoms with Gasteiger partial charge in [-0.2, -0.15) is 0 Å². The molecule has 0 unspecified atom stereocenters. The molecule has 0 aliphatic heterocycles. The number of thiazole rings is 1. The Kier molecular flexibility index (Phi) is 6.76. The van der Waals surface area contributed by atoms with Gasteiger partial charge in [0, 0.05) is 24.9 Å². The Hall–Kier alpha value is -3.59. The molecule has 0 bridgehead atoms. The van der Waals surface area contributed by atoms with Gasteiger partial charge >= 0.3 is 5.97 Å². The Labute approximate surface area is 184 Å². The van der Waals surface area contributed by atoms with Crippen molar-refractivity contribution in [1.82, 2.24) is 4.98 Å². The molecule has 2 aromatic carbocycles. The van der Waals surface area contributed by atoms with E-state index in [4.69, 9.17) is 14.2 Å². The minimum Gasteiger partial charge on any atom is -0.493 e. The zero-order chi connectivity index (χ0) is 22.5. The second-order valence-corrected chi connectivity index (χ2v) is 7.48. The number of aryl methyl sites for hydroxylation is 1. The van der Waals surface area contributed by atoms with Crippen molar-refractivity contribution in [3.8, 4) is 11.5 Å². The molecule has 31 heavy (non-hydrogen) atoms. The zero-order valence-electron chi connectivity index (χ0n) is 17.9. The lowest BCUT2D eigenvalue weighted by molar-refractivity contribution is 0.0601. The fourth-order valence-corrected chi connectivity index (χ4v) is 3.88. The van der Waals surface area contributed by atoms with Crippen LogP contribution in [0, 0.1) is 6.92 Å². The summed E-state index contributed by atoms with van der Waals surface area (Å²) in [4.78, 5) is 32.2. The summed E-state index contributed by atoms with van der Waals surface area (Å²) in [5, 5.41) is 3.45. The van der Waals surface area contributed by atoms with Gasteiger partial charge in [0.2, 0.25) is 0 Å². The topological polar surface area (TPSA) is 90.0 Å². The predicted octanol–water partition coefficient (Wildman–Crippen LogP) is 4.28. The van der Waals surface area contributed by atoms with E-state index in [0.717, 1.165) is 5.69 Å². The Bertz CT molecular complexity index is 1100. The van der Waals surface area contributed by atoms with Gasteiger partial charge in [-0.05, 0) is 19.1 Å². The van der Waals surface area contributed by atoms with Crippen molar-refractivity contribution in [3.05, 3.63) is 58.6 Å². The quantitative estimate of drug-likeness (QED) is 0.548. The van der Waals surface area contributed by atoms with Crippen molar-refractivity contribution >= 4 is 39.7 Å². The molecule has 9 heteroatoms. The average Bonchev–Trinajstić information content (AvgIpc) is 3.19. The first kappa shape index (κ1) is 22.1. The number of amides is 1. The number of nitrogens with one attached hydrogen (secondary N) is 1. The highest BCUT2D eigenvalue weighted by molar-refractivity contribution is 7.17. The Balaban J connectivity index is 1.93. The summed E-state index contributed by atoms with van der Waals surface area (Å²) in [5.41, 5.74) is 1.94. The van der Waals surface area contributed by atoms with E-state index in [2.05, 4.69) is 10.3 Å². The molecule has 0 fully saturated rings. The highest BCUT2D eigenvalue weighted by Gasteiger charge is 2.23. The molecule has 0 saturated carbocycles. The highest BCUT2D eigenvalue weighted by atomic mass is 32.1. The highest BCUT2D eigenvalue weighted by Crippen LogP contribution is 2.35. The summed E-state index contributed by atoms with van der Waals surface area (Å²) in [6.07, 6.45) is 0. The van der Waals surface area contributed by atoms with Crippen LogP contribution in [0.3, 0.4) is 0 Å². The minimum atomic E-state index is -0.609. The normalized spacial score (nSPS) is 10.4. The molecular formula is C22H23N3O5S. The number of hydrogen-bond acceptors (Lipinski definition) is 8. The molecule has 0 spiro atoms.